The molecule has 0 bridgehead atoms. The highest BCUT2D eigenvalue weighted by atomic mass is 16.3. The molecule has 1 saturated heterocycles. The maximum Gasteiger partial charge on any atom is 0.151 e. The van der Waals surface area contributed by atoms with Crippen LogP contribution in [0.2, 0.25) is 0 Å². The Morgan fingerprint density at radius 2 is 2.00 bits per heavy atom. The Morgan fingerprint density at radius 1 is 1.24 bits per heavy atom. The minimum atomic E-state index is -0.188. The second-order valence-corrected chi connectivity index (χ2v) is 6.11. The van der Waals surface area contributed by atoms with Crippen molar-refractivity contribution in [2.75, 3.05) is 29.9 Å². The van der Waals surface area contributed by atoms with E-state index < -0.39 is 0 Å². The number of nitrogens with zero attached hydrogens (tertiary/aromatic N) is 3. The number of hydrogen-bond acceptors (Lipinski definition) is 5. The van der Waals surface area contributed by atoms with Crippen molar-refractivity contribution in [3.05, 3.63) is 59.8 Å². The van der Waals surface area contributed by atoms with Gasteiger partial charge in [0.25, 0.3) is 0 Å². The highest BCUT2D eigenvalue weighted by molar-refractivity contribution is 5.66. The molecule has 2 aromatic rings. The van der Waals surface area contributed by atoms with Crippen molar-refractivity contribution in [1.82, 2.24) is 4.98 Å². The number of nitrogens with one attached hydrogen (secondary N) is 1. The van der Waals surface area contributed by atoms with E-state index in [4.69, 9.17) is 5.26 Å². The lowest BCUT2D eigenvalue weighted by atomic mass is 10.1. The Hall–Kier alpha value is -2.84. The molecule has 2 heterocycles. The number of hydrogen-bond donors (Lipinski definition) is 2. The molecule has 1 aromatic carbocycles. The number of pyridine rings is 1. The molecule has 3 rings (SSSR count). The number of anilines is 2. The van der Waals surface area contributed by atoms with Gasteiger partial charge in [0.1, 0.15) is 0 Å². The Labute approximate surface area is 148 Å². The Morgan fingerprint density at radius 3 is 2.72 bits per heavy atom. The van der Waals surface area contributed by atoms with Crippen molar-refractivity contribution in [3.63, 3.8) is 0 Å². The summed E-state index contributed by atoms with van der Waals surface area (Å²) in [6.45, 7) is 2.34. The lowest BCUT2D eigenvalue weighted by molar-refractivity contribution is 0.145. The van der Waals surface area contributed by atoms with E-state index in [0.717, 1.165) is 43.0 Å². The molecule has 128 valence electrons. The number of rotatable bonds is 5. The smallest absolute Gasteiger partial charge is 0.151 e. The van der Waals surface area contributed by atoms with Crippen molar-refractivity contribution >= 4 is 17.6 Å². The first kappa shape index (κ1) is 17.0. The van der Waals surface area contributed by atoms with Gasteiger partial charge in [-0.25, -0.2) is 4.98 Å². The van der Waals surface area contributed by atoms with Crippen molar-refractivity contribution in [2.24, 2.45) is 0 Å². The van der Waals surface area contributed by atoms with E-state index in [-0.39, 0.29) is 6.10 Å². The van der Waals surface area contributed by atoms with Crippen molar-refractivity contribution in [2.45, 2.75) is 18.9 Å². The summed E-state index contributed by atoms with van der Waals surface area (Å²) in [7, 11) is 0. The maximum atomic E-state index is 9.67. The van der Waals surface area contributed by atoms with Crippen LogP contribution in [0.15, 0.2) is 48.7 Å². The second-order valence-electron chi connectivity index (χ2n) is 6.11. The van der Waals surface area contributed by atoms with Crippen LogP contribution >= 0.6 is 0 Å². The first-order valence-electron chi connectivity index (χ1n) is 8.55. The molecular formula is C20H22N4O. The third-order valence-corrected chi connectivity index (χ3v) is 4.31. The SMILES string of the molecule is N#Cc1ccc(/C=C/CNc2cccnc2N2CCC(O)CC2)cc1. The number of benzene rings is 1. The molecule has 0 aliphatic carbocycles. The highest BCUT2D eigenvalue weighted by Gasteiger charge is 2.19. The summed E-state index contributed by atoms with van der Waals surface area (Å²) < 4.78 is 0. The zero-order chi connectivity index (χ0) is 17.5. The Balaban J connectivity index is 1.59. The summed E-state index contributed by atoms with van der Waals surface area (Å²) >= 11 is 0. The second kappa shape index (κ2) is 8.32. The van der Waals surface area contributed by atoms with Crippen LogP contribution in [0.3, 0.4) is 0 Å². The van der Waals surface area contributed by atoms with E-state index in [1.807, 2.05) is 42.5 Å². The molecule has 1 aromatic heterocycles. The van der Waals surface area contributed by atoms with E-state index in [9.17, 15) is 5.11 Å². The average Bonchev–Trinajstić information content (AvgIpc) is 2.67. The number of piperidine rings is 1. The third-order valence-electron chi connectivity index (χ3n) is 4.31. The van der Waals surface area contributed by atoms with Gasteiger partial charge in [0.15, 0.2) is 5.82 Å². The van der Waals surface area contributed by atoms with Crippen LogP contribution in [0, 0.1) is 11.3 Å². The molecule has 1 aliphatic heterocycles. The molecule has 5 nitrogen and oxygen atoms in total. The van der Waals surface area contributed by atoms with Gasteiger partial charge in [0.05, 0.1) is 23.4 Å². The molecule has 1 fully saturated rings. The van der Waals surface area contributed by atoms with Crippen LogP contribution in [0.1, 0.15) is 24.0 Å². The topological polar surface area (TPSA) is 72.2 Å². The first-order valence-corrected chi connectivity index (χ1v) is 8.55. The van der Waals surface area contributed by atoms with Crippen LogP contribution in [-0.2, 0) is 0 Å². The molecule has 0 radical (unpaired) electrons. The van der Waals surface area contributed by atoms with Gasteiger partial charge in [-0.2, -0.15) is 5.26 Å². The highest BCUT2D eigenvalue weighted by Crippen LogP contribution is 2.25. The van der Waals surface area contributed by atoms with Crippen molar-refractivity contribution in [1.29, 1.82) is 5.26 Å². The molecule has 0 amide bonds. The van der Waals surface area contributed by atoms with Crippen LogP contribution in [-0.4, -0.2) is 35.8 Å². The third kappa shape index (κ3) is 4.59. The number of aromatic nitrogens is 1. The standard InChI is InChI=1S/C20H22N4O/c21-15-17-7-5-16(6-8-17)3-1-11-22-19-4-2-12-23-20(19)24-13-9-18(25)10-14-24/h1-8,12,18,22,25H,9-11,13-14H2/b3-1+. The molecule has 0 atom stereocenters. The van der Waals surface area contributed by atoms with Crippen molar-refractivity contribution < 1.29 is 5.11 Å². The summed E-state index contributed by atoms with van der Waals surface area (Å²) in [6, 6.07) is 13.6. The van der Waals surface area contributed by atoms with Crippen LogP contribution < -0.4 is 10.2 Å². The average molecular weight is 334 g/mol. The van der Waals surface area contributed by atoms with Crippen LogP contribution in [0.25, 0.3) is 6.08 Å². The molecule has 2 N–H and O–H groups in total. The monoisotopic (exact) mass is 334 g/mol. The lowest BCUT2D eigenvalue weighted by Crippen LogP contribution is -2.36. The Bertz CT molecular complexity index is 756. The predicted octanol–water partition coefficient (Wildman–Crippen LogP) is 3.04. The molecule has 1 aliphatic rings. The number of nitriles is 1. The van der Waals surface area contributed by atoms with Crippen LogP contribution in [0.5, 0.6) is 0 Å². The fourth-order valence-electron chi connectivity index (χ4n) is 2.90. The summed E-state index contributed by atoms with van der Waals surface area (Å²) in [5, 5.41) is 21.9. The number of aliphatic hydroxyl groups excluding tert-OH is 1. The van der Waals surface area contributed by atoms with Gasteiger partial charge in [0.2, 0.25) is 0 Å². The zero-order valence-corrected chi connectivity index (χ0v) is 14.1. The summed E-state index contributed by atoms with van der Waals surface area (Å²) in [4.78, 5) is 6.73. The van der Waals surface area contributed by atoms with E-state index >= 15 is 0 Å². The predicted molar refractivity (Wildman–Crippen MR) is 100 cm³/mol. The van der Waals surface area contributed by atoms with E-state index in [2.05, 4.69) is 27.3 Å². The maximum absolute atomic E-state index is 9.67. The summed E-state index contributed by atoms with van der Waals surface area (Å²) in [6.07, 6.45) is 7.27. The van der Waals surface area contributed by atoms with Gasteiger partial charge >= 0.3 is 0 Å². The zero-order valence-electron chi connectivity index (χ0n) is 14.1. The molecule has 5 heteroatoms. The van der Waals surface area contributed by atoms with Crippen LogP contribution in [0.4, 0.5) is 11.5 Å². The van der Waals surface area contributed by atoms with E-state index in [1.165, 1.54) is 0 Å². The Kier molecular flexibility index (Phi) is 5.65. The normalized spacial score (nSPS) is 15.3. The summed E-state index contributed by atoms with van der Waals surface area (Å²) in [5.41, 5.74) is 2.74. The number of aliphatic hydroxyl groups is 1. The summed E-state index contributed by atoms with van der Waals surface area (Å²) in [5.74, 6) is 0.946. The lowest BCUT2D eigenvalue weighted by Gasteiger charge is -2.31. The van der Waals surface area contributed by atoms with Crippen molar-refractivity contribution in [3.8, 4) is 6.07 Å². The van der Waals surface area contributed by atoms with Gasteiger partial charge in [0, 0.05) is 25.8 Å². The molecule has 0 unspecified atom stereocenters. The fraction of sp³-hybridized carbons (Fsp3) is 0.300. The quantitative estimate of drug-likeness (QED) is 0.879. The molecule has 25 heavy (non-hydrogen) atoms. The first-order chi connectivity index (χ1) is 12.3. The van der Waals surface area contributed by atoms with Gasteiger partial charge < -0.3 is 15.3 Å². The molecule has 0 saturated carbocycles. The van der Waals surface area contributed by atoms with Gasteiger partial charge in [-0.1, -0.05) is 24.3 Å². The van der Waals surface area contributed by atoms with Gasteiger partial charge in [-0.05, 0) is 42.7 Å². The van der Waals surface area contributed by atoms with E-state index in [0.29, 0.717) is 12.1 Å². The fourth-order valence-corrected chi connectivity index (χ4v) is 2.90. The minimum absolute atomic E-state index is 0.188. The minimum Gasteiger partial charge on any atom is -0.393 e. The van der Waals surface area contributed by atoms with E-state index in [1.54, 1.807) is 6.20 Å². The van der Waals surface area contributed by atoms with Gasteiger partial charge in [-0.15, -0.1) is 0 Å². The van der Waals surface area contributed by atoms with Gasteiger partial charge in [-0.3, -0.25) is 0 Å². The molecular weight excluding hydrogens is 312 g/mol. The largest absolute Gasteiger partial charge is 0.393 e. The molecule has 0 spiro atoms.